The van der Waals surface area contributed by atoms with Crippen molar-refractivity contribution in [2.45, 2.75) is 0 Å². The summed E-state index contributed by atoms with van der Waals surface area (Å²) in [6, 6.07) is 23.9. The Labute approximate surface area is 228 Å². The summed E-state index contributed by atoms with van der Waals surface area (Å²) >= 11 is 0. The molecule has 4 aromatic carbocycles. The summed E-state index contributed by atoms with van der Waals surface area (Å²) in [4.78, 5) is 36.8. The van der Waals surface area contributed by atoms with E-state index in [4.69, 9.17) is 0 Å². The SMILES string of the molecule is O=C([O-])C1=C/C(=C(/c2ccccc2)c2cc(C(=O)O)c(O)c3ccccc23)c2ccccc2C1=O.[Na+]. The summed E-state index contributed by atoms with van der Waals surface area (Å²) in [5, 5.41) is 33.3. The number of benzene rings is 4. The number of fused-ring (bicyclic) bond motifs is 2. The molecular formula is C29H17NaO6. The van der Waals surface area contributed by atoms with Crippen LogP contribution in [0.2, 0.25) is 0 Å². The molecule has 170 valence electrons. The molecule has 4 aromatic rings. The van der Waals surface area contributed by atoms with Crippen molar-refractivity contribution in [3.8, 4) is 5.75 Å². The Morgan fingerprint density at radius 2 is 1.33 bits per heavy atom. The van der Waals surface area contributed by atoms with E-state index in [1.165, 1.54) is 12.1 Å². The van der Waals surface area contributed by atoms with Gasteiger partial charge in [0.25, 0.3) is 0 Å². The maximum atomic E-state index is 12.9. The minimum Gasteiger partial charge on any atom is -0.545 e. The molecule has 5 rings (SSSR count). The number of Topliss-reactive ketones (excluding diaryl/α,β-unsaturated/α-hetero) is 1. The van der Waals surface area contributed by atoms with Crippen LogP contribution in [0, 0.1) is 0 Å². The average Bonchev–Trinajstić information content (AvgIpc) is 2.87. The van der Waals surface area contributed by atoms with E-state index in [0.717, 1.165) is 0 Å². The van der Waals surface area contributed by atoms with E-state index in [2.05, 4.69) is 0 Å². The number of carboxylic acids is 2. The molecule has 0 atom stereocenters. The molecule has 0 aromatic heterocycles. The van der Waals surface area contributed by atoms with Crippen LogP contribution >= 0.6 is 0 Å². The Hall–Kier alpha value is -3.97. The Morgan fingerprint density at radius 1 is 0.750 bits per heavy atom. The third-order valence-electron chi connectivity index (χ3n) is 6.06. The number of hydrogen-bond acceptors (Lipinski definition) is 5. The van der Waals surface area contributed by atoms with E-state index in [9.17, 15) is 29.7 Å². The fraction of sp³-hybridized carbons (Fsp3) is 0. The van der Waals surface area contributed by atoms with Gasteiger partial charge in [-0.1, -0.05) is 78.9 Å². The van der Waals surface area contributed by atoms with Crippen LogP contribution in [0.3, 0.4) is 0 Å². The first kappa shape index (κ1) is 25.1. The molecule has 0 spiro atoms. The van der Waals surface area contributed by atoms with Crippen LogP contribution in [0.5, 0.6) is 5.75 Å². The van der Waals surface area contributed by atoms with E-state index in [1.54, 1.807) is 60.7 Å². The Balaban J connectivity index is 0.00000304. The van der Waals surface area contributed by atoms with E-state index in [-0.39, 0.29) is 46.4 Å². The number of hydrogen-bond donors (Lipinski definition) is 2. The molecule has 0 bridgehead atoms. The van der Waals surface area contributed by atoms with Crippen molar-refractivity contribution in [3.05, 3.63) is 124 Å². The number of aromatic carboxylic acids is 1. The average molecular weight is 484 g/mol. The van der Waals surface area contributed by atoms with Crippen LogP contribution in [0.1, 0.15) is 37.4 Å². The first-order valence-electron chi connectivity index (χ1n) is 10.7. The quantitative estimate of drug-likeness (QED) is 0.331. The summed E-state index contributed by atoms with van der Waals surface area (Å²) in [7, 11) is 0. The fourth-order valence-corrected chi connectivity index (χ4v) is 4.50. The number of aliphatic carboxylic acids is 1. The second kappa shape index (κ2) is 9.95. The van der Waals surface area contributed by atoms with Gasteiger partial charge in [0.1, 0.15) is 11.3 Å². The molecule has 0 amide bonds. The monoisotopic (exact) mass is 484 g/mol. The molecule has 1 aliphatic carbocycles. The summed E-state index contributed by atoms with van der Waals surface area (Å²) in [5.74, 6) is -3.92. The van der Waals surface area contributed by atoms with Crippen LogP contribution in [0.25, 0.3) is 21.9 Å². The van der Waals surface area contributed by atoms with Crippen LogP contribution < -0.4 is 34.7 Å². The summed E-state index contributed by atoms with van der Waals surface area (Å²) in [5.41, 5.74) is 2.02. The van der Waals surface area contributed by atoms with Gasteiger partial charge in [-0.2, -0.15) is 0 Å². The first-order valence-corrected chi connectivity index (χ1v) is 10.7. The molecule has 6 nitrogen and oxygen atoms in total. The van der Waals surface area contributed by atoms with Crippen molar-refractivity contribution in [1.82, 2.24) is 0 Å². The van der Waals surface area contributed by atoms with Crippen molar-refractivity contribution in [2.24, 2.45) is 0 Å². The predicted molar refractivity (Wildman–Crippen MR) is 129 cm³/mol. The van der Waals surface area contributed by atoms with Crippen LogP contribution in [-0.2, 0) is 4.79 Å². The van der Waals surface area contributed by atoms with Gasteiger partial charge in [-0.15, -0.1) is 0 Å². The van der Waals surface area contributed by atoms with E-state index >= 15 is 0 Å². The van der Waals surface area contributed by atoms with Crippen molar-refractivity contribution >= 4 is 39.6 Å². The second-order valence-electron chi connectivity index (χ2n) is 8.05. The topological polar surface area (TPSA) is 115 Å². The van der Waals surface area contributed by atoms with Gasteiger partial charge in [0, 0.05) is 16.5 Å². The number of carbonyl (C=O) groups is 3. The molecule has 36 heavy (non-hydrogen) atoms. The molecule has 0 heterocycles. The molecule has 0 saturated heterocycles. The smallest absolute Gasteiger partial charge is 0.545 e. The fourth-order valence-electron chi connectivity index (χ4n) is 4.50. The maximum Gasteiger partial charge on any atom is 1.00 e. The second-order valence-corrected chi connectivity index (χ2v) is 8.05. The summed E-state index contributed by atoms with van der Waals surface area (Å²) in [6.45, 7) is 0. The van der Waals surface area contributed by atoms with E-state index < -0.39 is 23.3 Å². The van der Waals surface area contributed by atoms with Crippen LogP contribution in [0.4, 0.5) is 0 Å². The van der Waals surface area contributed by atoms with Gasteiger partial charge >= 0.3 is 35.5 Å². The molecule has 1 aliphatic rings. The van der Waals surface area contributed by atoms with Crippen LogP contribution in [-0.4, -0.2) is 27.9 Å². The summed E-state index contributed by atoms with van der Waals surface area (Å²) < 4.78 is 0. The zero-order chi connectivity index (χ0) is 24.7. The number of carbonyl (C=O) groups excluding carboxylic acids is 2. The summed E-state index contributed by atoms with van der Waals surface area (Å²) in [6.07, 6.45) is 1.28. The van der Waals surface area contributed by atoms with Gasteiger partial charge in [0.2, 0.25) is 0 Å². The Morgan fingerprint density at radius 3 is 1.97 bits per heavy atom. The van der Waals surface area contributed by atoms with Gasteiger partial charge in [0.15, 0.2) is 5.78 Å². The number of rotatable bonds is 4. The molecular weight excluding hydrogens is 467 g/mol. The molecule has 0 unspecified atom stereocenters. The minimum atomic E-state index is -1.60. The number of phenols is 1. The zero-order valence-electron chi connectivity index (χ0n) is 19.2. The molecule has 0 fully saturated rings. The maximum absolute atomic E-state index is 12.9. The van der Waals surface area contributed by atoms with Crippen molar-refractivity contribution in [3.63, 3.8) is 0 Å². The Kier molecular flexibility index (Phi) is 6.95. The van der Waals surface area contributed by atoms with E-state index in [0.29, 0.717) is 38.6 Å². The normalized spacial score (nSPS) is 13.9. The molecule has 0 saturated carbocycles. The van der Waals surface area contributed by atoms with Gasteiger partial charge in [0.05, 0.1) is 5.97 Å². The molecule has 2 N–H and O–H groups in total. The number of aromatic hydroxyl groups is 1. The molecule has 7 heteroatoms. The Bertz CT molecular complexity index is 1620. The number of carboxylic acid groups (broad SMARTS) is 2. The standard InChI is InChI=1S/C29H18O6.Na/c30-26-19-12-6-4-10-17(19)21(14-23(26)28(32)33)25(16-8-2-1-3-9-16)22-15-24(29(34)35)27(31)20-13-7-5-11-18(20)22;/h1-15,30H,(H,32,33)(H,34,35);/q;+1/p-1/b25-22+;. The largest absolute Gasteiger partial charge is 1.00 e. The predicted octanol–water partition coefficient (Wildman–Crippen LogP) is 1.08. The number of ketones is 1. The van der Waals surface area contributed by atoms with E-state index in [1.807, 2.05) is 18.2 Å². The molecule has 0 radical (unpaired) electrons. The van der Waals surface area contributed by atoms with Gasteiger partial charge in [-0.25, -0.2) is 4.79 Å². The van der Waals surface area contributed by atoms with Crippen molar-refractivity contribution in [1.29, 1.82) is 0 Å². The minimum absolute atomic E-state index is 0. The third kappa shape index (κ3) is 4.16. The first-order chi connectivity index (χ1) is 16.9. The zero-order valence-corrected chi connectivity index (χ0v) is 21.2. The van der Waals surface area contributed by atoms with Gasteiger partial charge < -0.3 is 20.1 Å². The van der Waals surface area contributed by atoms with Gasteiger partial charge in [-0.3, -0.25) is 4.79 Å². The number of allylic oxidation sites excluding steroid dienone is 2. The third-order valence-corrected chi connectivity index (χ3v) is 6.06. The van der Waals surface area contributed by atoms with Crippen molar-refractivity contribution < 1.29 is 59.3 Å². The van der Waals surface area contributed by atoms with Gasteiger partial charge in [-0.05, 0) is 45.4 Å². The van der Waals surface area contributed by atoms with Crippen molar-refractivity contribution in [2.75, 3.05) is 0 Å². The van der Waals surface area contributed by atoms with Crippen LogP contribution in [0.15, 0.2) is 96.6 Å². The molecule has 0 aliphatic heterocycles.